The quantitative estimate of drug-likeness (QED) is 0.816. The Morgan fingerprint density at radius 3 is 2.21 bits per heavy atom. The summed E-state index contributed by atoms with van der Waals surface area (Å²) in [5.41, 5.74) is 1.40. The Morgan fingerprint density at radius 1 is 0.947 bits per heavy atom. The number of rotatable bonds is 4. The van der Waals surface area contributed by atoms with Gasteiger partial charge in [0.2, 0.25) is 0 Å². The lowest BCUT2D eigenvalue weighted by Gasteiger charge is -2.03. The third kappa shape index (κ3) is 4.68. The van der Waals surface area contributed by atoms with Gasteiger partial charge >= 0.3 is 0 Å². The molecule has 0 spiro atoms. The highest BCUT2D eigenvalue weighted by molar-refractivity contribution is 14.1. The molecule has 0 fully saturated rings. The van der Waals surface area contributed by atoms with Crippen molar-refractivity contribution in [1.82, 2.24) is 0 Å². The van der Waals surface area contributed by atoms with Crippen LogP contribution < -0.4 is 4.72 Å². The molecule has 0 saturated carbocycles. The average Bonchev–Trinajstić information content (AvgIpc) is 2.39. The van der Waals surface area contributed by atoms with Crippen LogP contribution in [0.5, 0.6) is 0 Å². The van der Waals surface area contributed by atoms with Crippen LogP contribution in [0.1, 0.15) is 5.56 Å². The molecule has 3 nitrogen and oxygen atoms in total. The number of benzene rings is 2. The van der Waals surface area contributed by atoms with Gasteiger partial charge in [-0.05, 0) is 58.5 Å². The van der Waals surface area contributed by atoms with E-state index < -0.39 is 10.0 Å². The minimum Gasteiger partial charge on any atom is -0.280 e. The van der Waals surface area contributed by atoms with Crippen molar-refractivity contribution < 1.29 is 8.42 Å². The molecule has 0 aliphatic carbocycles. The topological polar surface area (TPSA) is 46.2 Å². The van der Waals surface area contributed by atoms with Crippen LogP contribution in [-0.2, 0) is 10.0 Å². The van der Waals surface area contributed by atoms with E-state index in [2.05, 4.69) is 27.3 Å². The van der Waals surface area contributed by atoms with Gasteiger partial charge in [-0.15, -0.1) is 0 Å². The van der Waals surface area contributed by atoms with Crippen LogP contribution >= 0.6 is 22.6 Å². The van der Waals surface area contributed by atoms with Gasteiger partial charge < -0.3 is 0 Å². The van der Waals surface area contributed by atoms with Crippen LogP contribution in [0.2, 0.25) is 0 Å². The van der Waals surface area contributed by atoms with E-state index in [1.165, 1.54) is 5.41 Å². The zero-order valence-electron chi connectivity index (χ0n) is 9.95. The summed E-state index contributed by atoms with van der Waals surface area (Å²) in [6.07, 6.45) is 1.57. The number of sulfonamides is 1. The second-order valence-corrected chi connectivity index (χ2v) is 6.68. The molecule has 1 N–H and O–H groups in total. The molecule has 2 rings (SSSR count). The minimum atomic E-state index is -3.48. The fourth-order valence-electron chi connectivity index (χ4n) is 1.45. The van der Waals surface area contributed by atoms with Crippen LogP contribution in [-0.4, -0.2) is 8.42 Å². The fraction of sp³-hybridized carbons (Fsp3) is 0. The standard InChI is InChI=1S/C14H12INO2S/c15-13-8-6-12(7-9-13)10-11-19(17,18)16-14-4-2-1-3-5-14/h1-11,16H. The largest absolute Gasteiger partial charge is 0.280 e. The van der Waals surface area contributed by atoms with Crippen LogP contribution in [0.25, 0.3) is 6.08 Å². The first kappa shape index (κ1) is 14.1. The van der Waals surface area contributed by atoms with E-state index in [0.29, 0.717) is 5.69 Å². The van der Waals surface area contributed by atoms with E-state index in [1.807, 2.05) is 30.3 Å². The highest BCUT2D eigenvalue weighted by atomic mass is 127. The van der Waals surface area contributed by atoms with E-state index >= 15 is 0 Å². The van der Waals surface area contributed by atoms with Gasteiger partial charge in [0.25, 0.3) is 10.0 Å². The lowest BCUT2D eigenvalue weighted by molar-refractivity contribution is 0.609. The molecular formula is C14H12INO2S. The van der Waals surface area contributed by atoms with Crippen LogP contribution in [0.15, 0.2) is 60.0 Å². The lowest BCUT2D eigenvalue weighted by Crippen LogP contribution is -2.08. The molecule has 5 heteroatoms. The SMILES string of the molecule is O=S(=O)(C=Cc1ccc(I)cc1)Nc1ccccc1. The molecule has 98 valence electrons. The molecule has 0 saturated heterocycles. The molecule has 0 radical (unpaired) electrons. The normalized spacial score (nSPS) is 11.6. The summed E-state index contributed by atoms with van der Waals surface area (Å²) < 4.78 is 27.3. The van der Waals surface area contributed by atoms with Crippen molar-refractivity contribution >= 4 is 44.4 Å². The number of hydrogen-bond donors (Lipinski definition) is 1. The monoisotopic (exact) mass is 385 g/mol. The highest BCUT2D eigenvalue weighted by Gasteiger charge is 2.04. The predicted molar refractivity (Wildman–Crippen MR) is 87.2 cm³/mol. The number of hydrogen-bond acceptors (Lipinski definition) is 2. The van der Waals surface area contributed by atoms with Gasteiger partial charge in [-0.1, -0.05) is 30.3 Å². The Hall–Kier alpha value is -1.34. The number of nitrogens with one attached hydrogen (secondary N) is 1. The van der Waals surface area contributed by atoms with Crippen molar-refractivity contribution in [3.63, 3.8) is 0 Å². The van der Waals surface area contributed by atoms with Crippen LogP contribution in [0.4, 0.5) is 5.69 Å². The van der Waals surface area contributed by atoms with Crippen molar-refractivity contribution in [1.29, 1.82) is 0 Å². The molecule has 19 heavy (non-hydrogen) atoms. The van der Waals surface area contributed by atoms with E-state index in [4.69, 9.17) is 0 Å². The molecule has 0 aliphatic rings. The average molecular weight is 385 g/mol. The van der Waals surface area contributed by atoms with Gasteiger partial charge in [0.15, 0.2) is 0 Å². The van der Waals surface area contributed by atoms with Crippen LogP contribution in [0, 0.1) is 3.57 Å². The van der Waals surface area contributed by atoms with Gasteiger partial charge in [-0.25, -0.2) is 8.42 Å². The second kappa shape index (κ2) is 6.21. The third-order valence-corrected chi connectivity index (χ3v) is 4.08. The first-order valence-corrected chi connectivity index (χ1v) is 8.19. The molecule has 0 heterocycles. The zero-order chi connectivity index (χ0) is 13.7. The van der Waals surface area contributed by atoms with Gasteiger partial charge in [0, 0.05) is 9.26 Å². The smallest absolute Gasteiger partial charge is 0.255 e. The molecular weight excluding hydrogens is 373 g/mol. The summed E-state index contributed by atoms with van der Waals surface area (Å²) in [5, 5.41) is 1.17. The Balaban J connectivity index is 2.11. The molecule has 0 bridgehead atoms. The molecule has 0 atom stereocenters. The van der Waals surface area contributed by atoms with Crippen molar-refractivity contribution in [2.75, 3.05) is 4.72 Å². The van der Waals surface area contributed by atoms with E-state index in [-0.39, 0.29) is 0 Å². The van der Waals surface area contributed by atoms with Gasteiger partial charge in [0.1, 0.15) is 0 Å². The molecule has 0 unspecified atom stereocenters. The summed E-state index contributed by atoms with van der Waals surface area (Å²) in [6.45, 7) is 0. The number of para-hydroxylation sites is 1. The first-order chi connectivity index (χ1) is 9.05. The Kier molecular flexibility index (Phi) is 4.60. The van der Waals surface area contributed by atoms with Gasteiger partial charge in [-0.2, -0.15) is 0 Å². The van der Waals surface area contributed by atoms with Crippen molar-refractivity contribution in [3.05, 3.63) is 69.1 Å². The summed E-state index contributed by atoms with van der Waals surface area (Å²) >= 11 is 2.20. The first-order valence-electron chi connectivity index (χ1n) is 5.57. The Labute approximate surface area is 126 Å². The second-order valence-electron chi connectivity index (χ2n) is 3.87. The minimum absolute atomic E-state index is 0.551. The maximum Gasteiger partial charge on any atom is 0.255 e. The number of anilines is 1. The maximum atomic E-state index is 11.8. The van der Waals surface area contributed by atoms with Crippen LogP contribution in [0.3, 0.4) is 0 Å². The summed E-state index contributed by atoms with van der Waals surface area (Å²) in [7, 11) is -3.48. The molecule has 0 amide bonds. The lowest BCUT2D eigenvalue weighted by atomic mass is 10.2. The Morgan fingerprint density at radius 2 is 1.58 bits per heavy atom. The zero-order valence-corrected chi connectivity index (χ0v) is 12.9. The summed E-state index contributed by atoms with van der Waals surface area (Å²) in [5.74, 6) is 0. The van der Waals surface area contributed by atoms with Crippen molar-refractivity contribution in [2.24, 2.45) is 0 Å². The van der Waals surface area contributed by atoms with E-state index in [9.17, 15) is 8.42 Å². The molecule has 2 aromatic rings. The van der Waals surface area contributed by atoms with Crippen molar-refractivity contribution in [3.8, 4) is 0 Å². The molecule has 2 aromatic carbocycles. The number of halogens is 1. The molecule has 0 aliphatic heterocycles. The predicted octanol–water partition coefficient (Wildman–Crippen LogP) is 3.70. The fourth-order valence-corrected chi connectivity index (χ4v) is 2.68. The van der Waals surface area contributed by atoms with Crippen molar-refractivity contribution in [2.45, 2.75) is 0 Å². The Bertz CT molecular complexity index is 664. The summed E-state index contributed by atoms with van der Waals surface area (Å²) in [6, 6.07) is 16.4. The van der Waals surface area contributed by atoms with Gasteiger partial charge in [0.05, 0.1) is 5.41 Å². The van der Waals surface area contributed by atoms with Gasteiger partial charge in [-0.3, -0.25) is 4.72 Å². The third-order valence-electron chi connectivity index (χ3n) is 2.34. The summed E-state index contributed by atoms with van der Waals surface area (Å²) in [4.78, 5) is 0. The van der Waals surface area contributed by atoms with E-state index in [1.54, 1.807) is 30.3 Å². The highest BCUT2D eigenvalue weighted by Crippen LogP contribution is 2.11. The van der Waals surface area contributed by atoms with E-state index in [0.717, 1.165) is 9.13 Å². The molecule has 0 aromatic heterocycles. The maximum absolute atomic E-state index is 11.8.